The van der Waals surface area contributed by atoms with Crippen LogP contribution in [0, 0.1) is 0 Å². The number of halogens is 2. The molecule has 31 heavy (non-hydrogen) atoms. The molecule has 3 N–H and O–H groups in total. The van der Waals surface area contributed by atoms with Crippen LogP contribution in [0.3, 0.4) is 0 Å². The minimum Gasteiger partial charge on any atom is -0.492 e. The Morgan fingerprint density at radius 1 is 1.10 bits per heavy atom. The van der Waals surface area contributed by atoms with Gasteiger partial charge in [0.05, 0.1) is 6.54 Å². The molecule has 0 spiro atoms. The van der Waals surface area contributed by atoms with E-state index in [4.69, 9.17) is 22.1 Å². The molecule has 2 aromatic carbocycles. The summed E-state index contributed by atoms with van der Waals surface area (Å²) in [4.78, 5) is 20.3. The van der Waals surface area contributed by atoms with Crippen molar-refractivity contribution < 1.29 is 9.53 Å². The van der Waals surface area contributed by atoms with Gasteiger partial charge in [-0.25, -0.2) is 4.99 Å². The molecule has 1 saturated heterocycles. The van der Waals surface area contributed by atoms with Gasteiger partial charge in [-0.3, -0.25) is 4.79 Å². The number of aliphatic imine (C=N–C) groups is 1. The van der Waals surface area contributed by atoms with Crippen LogP contribution in [0.2, 0.25) is 5.02 Å². The van der Waals surface area contributed by atoms with Crippen LogP contribution < -0.4 is 20.7 Å². The van der Waals surface area contributed by atoms with Crippen LogP contribution in [0.5, 0.6) is 5.75 Å². The zero-order chi connectivity index (χ0) is 20.9. The van der Waals surface area contributed by atoms with Crippen LogP contribution >= 0.6 is 35.6 Å². The topological polar surface area (TPSA) is 83.2 Å². The highest BCUT2D eigenvalue weighted by atomic mass is 127. The Balaban J connectivity index is 0.00000272. The molecule has 0 aromatic heterocycles. The molecular weight excluding hydrogens is 529 g/mol. The third-order valence-corrected chi connectivity index (χ3v) is 5.65. The highest BCUT2D eigenvalue weighted by Gasteiger charge is 2.18. The summed E-state index contributed by atoms with van der Waals surface area (Å²) in [6, 6.07) is 13.7. The molecule has 1 amide bonds. The first-order valence-electron chi connectivity index (χ1n) is 10.2. The van der Waals surface area contributed by atoms with E-state index < -0.39 is 0 Å². The fourth-order valence-corrected chi connectivity index (χ4v) is 3.84. The van der Waals surface area contributed by atoms with Gasteiger partial charge in [-0.1, -0.05) is 11.6 Å². The zero-order valence-corrected chi connectivity index (χ0v) is 20.3. The number of guanidine groups is 1. The molecule has 0 bridgehead atoms. The minimum atomic E-state index is 0. The Morgan fingerprint density at radius 3 is 2.58 bits per heavy atom. The van der Waals surface area contributed by atoms with Crippen molar-refractivity contribution in [2.45, 2.75) is 12.8 Å². The summed E-state index contributed by atoms with van der Waals surface area (Å²) in [7, 11) is 0. The van der Waals surface area contributed by atoms with Crippen molar-refractivity contribution >= 4 is 58.8 Å². The molecule has 7 nitrogen and oxygen atoms in total. The predicted octanol–water partition coefficient (Wildman–Crippen LogP) is 3.36. The number of hydrogen-bond acceptors (Lipinski definition) is 4. The summed E-state index contributed by atoms with van der Waals surface area (Å²) in [5, 5.41) is 3.62. The zero-order valence-electron chi connectivity index (χ0n) is 17.2. The van der Waals surface area contributed by atoms with Crippen LogP contribution in [-0.4, -0.2) is 56.1 Å². The van der Waals surface area contributed by atoms with Gasteiger partial charge in [0.1, 0.15) is 12.4 Å². The molecule has 2 aromatic rings. The quantitative estimate of drug-likeness (QED) is 0.256. The number of rotatable bonds is 5. The number of nitrogens with zero attached hydrogens (tertiary/aromatic N) is 3. The number of fused-ring (bicyclic) bond motifs is 1. The first-order valence-corrected chi connectivity index (χ1v) is 10.6. The SMILES string of the molecule is I.NC(=NCCOc1ccc2c(c1)CCC(=O)N2)N1CCN(c2ccc(Cl)cc2)CC1. The van der Waals surface area contributed by atoms with E-state index in [2.05, 4.69) is 20.1 Å². The number of benzene rings is 2. The van der Waals surface area contributed by atoms with Crippen molar-refractivity contribution in [3.05, 3.63) is 53.1 Å². The molecule has 2 aliphatic heterocycles. The monoisotopic (exact) mass is 555 g/mol. The molecule has 2 heterocycles. The van der Waals surface area contributed by atoms with E-state index in [0.717, 1.165) is 54.6 Å². The lowest BCUT2D eigenvalue weighted by atomic mass is 10.0. The number of carbonyl (C=O) groups excluding carboxylic acids is 1. The van der Waals surface area contributed by atoms with E-state index in [-0.39, 0.29) is 29.9 Å². The molecule has 0 aliphatic carbocycles. The fourth-order valence-electron chi connectivity index (χ4n) is 3.72. The lowest BCUT2D eigenvalue weighted by molar-refractivity contribution is -0.116. The van der Waals surface area contributed by atoms with Gasteiger partial charge < -0.3 is 25.6 Å². The molecule has 0 unspecified atom stereocenters. The second-order valence-corrected chi connectivity index (χ2v) is 7.84. The van der Waals surface area contributed by atoms with E-state index in [1.54, 1.807) is 0 Å². The second-order valence-electron chi connectivity index (χ2n) is 7.41. The van der Waals surface area contributed by atoms with Crippen molar-refractivity contribution in [2.24, 2.45) is 10.7 Å². The molecule has 0 atom stereocenters. The summed E-state index contributed by atoms with van der Waals surface area (Å²) < 4.78 is 5.81. The summed E-state index contributed by atoms with van der Waals surface area (Å²) >= 11 is 5.97. The molecule has 1 fully saturated rings. The predicted molar refractivity (Wildman–Crippen MR) is 136 cm³/mol. The average Bonchev–Trinajstić information content (AvgIpc) is 2.77. The number of hydrogen-bond donors (Lipinski definition) is 2. The van der Waals surface area contributed by atoms with Gasteiger partial charge in [-0.2, -0.15) is 0 Å². The first kappa shape index (κ1) is 23.5. The van der Waals surface area contributed by atoms with Gasteiger partial charge in [0.15, 0.2) is 5.96 Å². The van der Waals surface area contributed by atoms with Gasteiger partial charge in [0.25, 0.3) is 0 Å². The summed E-state index contributed by atoms with van der Waals surface area (Å²) in [6.07, 6.45) is 1.26. The highest BCUT2D eigenvalue weighted by molar-refractivity contribution is 14.0. The standard InChI is InChI=1S/C22H26ClN5O2.HI/c23-17-2-4-18(5-3-17)27-10-12-28(13-11-27)22(24)25-9-14-30-19-6-7-20-16(15-19)1-8-21(29)26-20;/h2-7,15H,1,8-14H2,(H2,24,25)(H,26,29);1H. The molecule has 0 saturated carbocycles. The Hall–Kier alpha value is -2.20. The summed E-state index contributed by atoms with van der Waals surface area (Å²) in [5.41, 5.74) is 9.33. The molecule has 0 radical (unpaired) electrons. The second kappa shape index (κ2) is 10.9. The molecule has 9 heteroatoms. The van der Waals surface area contributed by atoms with Crippen LogP contribution in [0.1, 0.15) is 12.0 Å². The Morgan fingerprint density at radius 2 is 1.84 bits per heavy atom. The Bertz CT molecular complexity index is 930. The van der Waals surface area contributed by atoms with E-state index in [1.807, 2.05) is 42.5 Å². The van der Waals surface area contributed by atoms with Crippen LogP contribution in [0.25, 0.3) is 0 Å². The maximum atomic E-state index is 11.4. The third-order valence-electron chi connectivity index (χ3n) is 5.40. The lowest BCUT2D eigenvalue weighted by Gasteiger charge is -2.36. The summed E-state index contributed by atoms with van der Waals surface area (Å²) in [6.45, 7) is 4.39. The molecule has 2 aliphatic rings. The maximum Gasteiger partial charge on any atom is 0.224 e. The van der Waals surface area contributed by atoms with E-state index in [0.29, 0.717) is 25.5 Å². The number of aryl methyl sites for hydroxylation is 1. The molecular formula is C22H27ClIN5O2. The van der Waals surface area contributed by atoms with Crippen molar-refractivity contribution in [1.29, 1.82) is 0 Å². The van der Waals surface area contributed by atoms with Crippen molar-refractivity contribution in [3.63, 3.8) is 0 Å². The average molecular weight is 556 g/mol. The highest BCUT2D eigenvalue weighted by Crippen LogP contribution is 2.26. The van der Waals surface area contributed by atoms with E-state index in [9.17, 15) is 4.79 Å². The third kappa shape index (κ3) is 6.16. The van der Waals surface area contributed by atoms with Crippen LogP contribution in [-0.2, 0) is 11.2 Å². The van der Waals surface area contributed by atoms with Crippen molar-refractivity contribution in [2.75, 3.05) is 49.5 Å². The van der Waals surface area contributed by atoms with Gasteiger partial charge in [0, 0.05) is 49.0 Å². The Kier molecular flexibility index (Phi) is 8.25. The number of ether oxygens (including phenoxy) is 1. The Labute approximate surface area is 204 Å². The van der Waals surface area contributed by atoms with E-state index >= 15 is 0 Å². The van der Waals surface area contributed by atoms with Crippen molar-refractivity contribution in [1.82, 2.24) is 4.90 Å². The lowest BCUT2D eigenvalue weighted by Crippen LogP contribution is -2.51. The number of anilines is 2. The number of carbonyl (C=O) groups is 1. The smallest absolute Gasteiger partial charge is 0.224 e. The van der Waals surface area contributed by atoms with E-state index in [1.165, 1.54) is 5.69 Å². The number of amides is 1. The van der Waals surface area contributed by atoms with Gasteiger partial charge in [-0.05, 0) is 54.4 Å². The van der Waals surface area contributed by atoms with Gasteiger partial charge in [-0.15, -0.1) is 24.0 Å². The van der Waals surface area contributed by atoms with Gasteiger partial charge in [0.2, 0.25) is 5.91 Å². The maximum absolute atomic E-state index is 11.4. The van der Waals surface area contributed by atoms with Crippen LogP contribution in [0.15, 0.2) is 47.5 Å². The molecule has 166 valence electrons. The number of piperazine rings is 1. The largest absolute Gasteiger partial charge is 0.492 e. The minimum absolute atomic E-state index is 0. The first-order chi connectivity index (χ1) is 14.6. The van der Waals surface area contributed by atoms with Crippen molar-refractivity contribution in [3.8, 4) is 5.75 Å². The number of nitrogens with two attached hydrogens (primary N) is 1. The van der Waals surface area contributed by atoms with Gasteiger partial charge >= 0.3 is 0 Å². The summed E-state index contributed by atoms with van der Waals surface area (Å²) in [5.74, 6) is 1.41. The van der Waals surface area contributed by atoms with Crippen LogP contribution in [0.4, 0.5) is 11.4 Å². The normalized spacial score (nSPS) is 16.3. The fraction of sp³-hybridized carbons (Fsp3) is 0.364. The molecule has 4 rings (SSSR count). The number of nitrogens with one attached hydrogen (secondary N) is 1.